The van der Waals surface area contributed by atoms with E-state index in [0.717, 1.165) is 21.3 Å². The number of halogens is 1. The van der Waals surface area contributed by atoms with Crippen LogP contribution in [0.5, 0.6) is 5.75 Å². The normalized spacial score (nSPS) is 12.2. The molecule has 2 rings (SSSR count). The summed E-state index contributed by atoms with van der Waals surface area (Å²) < 4.78 is 6.75. The van der Waals surface area contributed by atoms with Gasteiger partial charge in [0.05, 0.1) is 0 Å². The Bertz CT molecular complexity index is 529. The maximum Gasteiger partial charge on any atom is 0.124 e. The first kappa shape index (κ1) is 13.1. The van der Waals surface area contributed by atoms with Gasteiger partial charge in [-0.2, -0.15) is 0 Å². The molecule has 0 unspecified atom stereocenters. The van der Waals surface area contributed by atoms with Crippen LogP contribution in [0.15, 0.2) is 47.2 Å². The first-order chi connectivity index (χ1) is 8.66. The summed E-state index contributed by atoms with van der Waals surface area (Å²) in [5, 5.41) is 0. The van der Waals surface area contributed by atoms with E-state index in [1.807, 2.05) is 37.3 Å². The summed E-state index contributed by atoms with van der Waals surface area (Å²) in [5.74, 6) is 0.826. The molecule has 0 saturated carbocycles. The number of pyridine rings is 1. The monoisotopic (exact) mass is 306 g/mol. The summed E-state index contributed by atoms with van der Waals surface area (Å²) in [4.78, 5) is 4.10. The van der Waals surface area contributed by atoms with Crippen molar-refractivity contribution in [2.24, 2.45) is 5.73 Å². The van der Waals surface area contributed by atoms with Gasteiger partial charge in [-0.25, -0.2) is 0 Å². The summed E-state index contributed by atoms with van der Waals surface area (Å²) in [6, 6.07) is 9.78. The van der Waals surface area contributed by atoms with E-state index < -0.39 is 0 Å². The van der Waals surface area contributed by atoms with Gasteiger partial charge in [-0.05, 0) is 35.0 Å². The average Bonchev–Trinajstić information content (AvgIpc) is 2.37. The van der Waals surface area contributed by atoms with E-state index in [-0.39, 0.29) is 6.04 Å². The molecule has 1 aromatic carbocycles. The molecule has 3 nitrogen and oxygen atoms in total. The number of hydrogen-bond donors (Lipinski definition) is 1. The molecule has 1 aromatic heterocycles. The van der Waals surface area contributed by atoms with Crippen LogP contribution < -0.4 is 10.5 Å². The average molecular weight is 307 g/mol. The molecular formula is C14H15BrN2O. The highest BCUT2D eigenvalue weighted by Crippen LogP contribution is 2.24. The summed E-state index contributed by atoms with van der Waals surface area (Å²) in [6.45, 7) is 2.43. The van der Waals surface area contributed by atoms with Crippen molar-refractivity contribution in [2.45, 2.75) is 19.6 Å². The quantitative estimate of drug-likeness (QED) is 0.941. The van der Waals surface area contributed by atoms with Gasteiger partial charge in [-0.15, -0.1) is 0 Å². The van der Waals surface area contributed by atoms with E-state index >= 15 is 0 Å². The fourth-order valence-electron chi connectivity index (χ4n) is 1.68. The number of ether oxygens (including phenoxy) is 1. The Balaban J connectivity index is 2.11. The van der Waals surface area contributed by atoms with Gasteiger partial charge >= 0.3 is 0 Å². The van der Waals surface area contributed by atoms with Crippen molar-refractivity contribution < 1.29 is 4.74 Å². The molecular weight excluding hydrogens is 292 g/mol. The molecule has 0 radical (unpaired) electrons. The molecule has 1 atom stereocenters. The van der Waals surface area contributed by atoms with Gasteiger partial charge in [0.25, 0.3) is 0 Å². The number of hydrogen-bond acceptors (Lipinski definition) is 3. The molecule has 0 spiro atoms. The van der Waals surface area contributed by atoms with Crippen molar-refractivity contribution in [2.75, 3.05) is 0 Å². The van der Waals surface area contributed by atoms with E-state index in [9.17, 15) is 0 Å². The maximum absolute atomic E-state index is 5.91. The van der Waals surface area contributed by atoms with Crippen LogP contribution in [-0.4, -0.2) is 4.98 Å². The van der Waals surface area contributed by atoms with E-state index in [0.29, 0.717) is 6.61 Å². The zero-order valence-electron chi connectivity index (χ0n) is 10.1. The molecule has 0 aliphatic heterocycles. The molecule has 0 saturated heterocycles. The lowest BCUT2D eigenvalue weighted by atomic mass is 10.1. The molecule has 94 valence electrons. The molecule has 0 amide bonds. The lowest BCUT2D eigenvalue weighted by Gasteiger charge is -2.13. The number of para-hydroxylation sites is 1. The summed E-state index contributed by atoms with van der Waals surface area (Å²) in [7, 11) is 0. The lowest BCUT2D eigenvalue weighted by molar-refractivity contribution is 0.301. The minimum Gasteiger partial charge on any atom is -0.489 e. The molecule has 0 aliphatic carbocycles. The van der Waals surface area contributed by atoms with Crippen LogP contribution in [0.3, 0.4) is 0 Å². The van der Waals surface area contributed by atoms with Crippen LogP contribution in [0.2, 0.25) is 0 Å². The second-order valence-corrected chi connectivity index (χ2v) is 5.04. The third-order valence-corrected chi connectivity index (χ3v) is 3.00. The van der Waals surface area contributed by atoms with Gasteiger partial charge in [0.2, 0.25) is 0 Å². The van der Waals surface area contributed by atoms with Gasteiger partial charge in [-0.3, -0.25) is 4.98 Å². The fraction of sp³-hybridized carbons (Fsp3) is 0.214. The Morgan fingerprint density at radius 3 is 2.83 bits per heavy atom. The first-order valence-electron chi connectivity index (χ1n) is 5.73. The molecule has 0 aliphatic rings. The van der Waals surface area contributed by atoms with Crippen LogP contribution in [0.25, 0.3) is 0 Å². The lowest BCUT2D eigenvalue weighted by Crippen LogP contribution is -2.08. The van der Waals surface area contributed by atoms with Gasteiger partial charge in [0, 0.05) is 34.0 Å². The highest BCUT2D eigenvalue weighted by Gasteiger charge is 2.07. The summed E-state index contributed by atoms with van der Waals surface area (Å²) >= 11 is 3.39. The van der Waals surface area contributed by atoms with Crippen LogP contribution >= 0.6 is 15.9 Å². The minimum atomic E-state index is -0.0400. The molecule has 2 N–H and O–H groups in total. The molecule has 0 fully saturated rings. The maximum atomic E-state index is 5.91. The largest absolute Gasteiger partial charge is 0.489 e. The second-order valence-electron chi connectivity index (χ2n) is 4.13. The van der Waals surface area contributed by atoms with Crippen LogP contribution in [0.4, 0.5) is 0 Å². The standard InChI is InChI=1S/C14H15BrN2O/c1-10(16)13-4-2-3-5-14(13)18-9-11-6-12(15)8-17-7-11/h2-8,10H,9,16H2,1H3/t10-/m1/s1. The number of benzene rings is 1. The molecule has 0 bridgehead atoms. The van der Waals surface area contributed by atoms with E-state index in [2.05, 4.69) is 20.9 Å². The van der Waals surface area contributed by atoms with Crippen molar-refractivity contribution >= 4 is 15.9 Å². The number of aromatic nitrogens is 1. The molecule has 4 heteroatoms. The van der Waals surface area contributed by atoms with Crippen molar-refractivity contribution in [1.29, 1.82) is 0 Å². The Hall–Kier alpha value is -1.39. The van der Waals surface area contributed by atoms with Crippen LogP contribution in [-0.2, 0) is 6.61 Å². The summed E-state index contributed by atoms with van der Waals surface area (Å²) in [5.41, 5.74) is 7.94. The highest BCUT2D eigenvalue weighted by atomic mass is 79.9. The predicted octanol–water partition coefficient (Wildman–Crippen LogP) is 3.44. The Morgan fingerprint density at radius 2 is 2.11 bits per heavy atom. The second kappa shape index (κ2) is 5.98. The first-order valence-corrected chi connectivity index (χ1v) is 6.53. The third kappa shape index (κ3) is 3.31. The number of nitrogens with two attached hydrogens (primary N) is 1. The Kier molecular flexibility index (Phi) is 4.33. The van der Waals surface area contributed by atoms with Gasteiger partial charge in [-0.1, -0.05) is 18.2 Å². The van der Waals surface area contributed by atoms with Crippen LogP contribution in [0, 0.1) is 0 Å². The van der Waals surface area contributed by atoms with E-state index in [1.165, 1.54) is 0 Å². The van der Waals surface area contributed by atoms with Crippen molar-refractivity contribution in [3.63, 3.8) is 0 Å². The van der Waals surface area contributed by atoms with Crippen LogP contribution in [0.1, 0.15) is 24.1 Å². The zero-order valence-corrected chi connectivity index (χ0v) is 11.7. The van der Waals surface area contributed by atoms with Crippen molar-refractivity contribution in [3.05, 3.63) is 58.3 Å². The smallest absolute Gasteiger partial charge is 0.124 e. The molecule has 2 aromatic rings. The topological polar surface area (TPSA) is 48.1 Å². The summed E-state index contributed by atoms with van der Waals surface area (Å²) in [6.07, 6.45) is 3.54. The van der Waals surface area contributed by atoms with Gasteiger partial charge < -0.3 is 10.5 Å². The number of nitrogens with zero attached hydrogens (tertiary/aromatic N) is 1. The van der Waals surface area contributed by atoms with E-state index in [1.54, 1.807) is 12.4 Å². The van der Waals surface area contributed by atoms with Gasteiger partial charge in [0.15, 0.2) is 0 Å². The van der Waals surface area contributed by atoms with Crippen molar-refractivity contribution in [3.8, 4) is 5.75 Å². The van der Waals surface area contributed by atoms with Crippen molar-refractivity contribution in [1.82, 2.24) is 4.98 Å². The van der Waals surface area contributed by atoms with E-state index in [4.69, 9.17) is 10.5 Å². The zero-order chi connectivity index (χ0) is 13.0. The Labute approximate surface area is 115 Å². The fourth-order valence-corrected chi connectivity index (χ4v) is 2.10. The highest BCUT2D eigenvalue weighted by molar-refractivity contribution is 9.10. The number of rotatable bonds is 4. The molecule has 1 heterocycles. The predicted molar refractivity (Wildman–Crippen MR) is 75.3 cm³/mol. The third-order valence-electron chi connectivity index (χ3n) is 2.57. The minimum absolute atomic E-state index is 0.0400. The molecule has 18 heavy (non-hydrogen) atoms. The Morgan fingerprint density at radius 1 is 1.33 bits per heavy atom. The SMILES string of the molecule is C[C@@H](N)c1ccccc1OCc1cncc(Br)c1. The van der Waals surface area contributed by atoms with Gasteiger partial charge in [0.1, 0.15) is 12.4 Å².